The average molecular weight is 404 g/mol. The molecule has 0 saturated carbocycles. The van der Waals surface area contributed by atoms with E-state index in [4.69, 9.17) is 21.1 Å². The number of nitrogens with zero attached hydrogens (tertiary/aromatic N) is 1. The topological polar surface area (TPSA) is 90.0 Å². The molecule has 0 aliphatic rings. The Morgan fingerprint density at radius 1 is 0.929 bits per heavy atom. The maximum Gasteiger partial charge on any atom is 0.326 e. The first-order chi connectivity index (χ1) is 13.2. The second kappa shape index (κ2) is 9.14. The van der Waals surface area contributed by atoms with Crippen molar-refractivity contribution < 1.29 is 28.7 Å². The Labute approximate surface area is 166 Å². The quantitative estimate of drug-likeness (QED) is 0.418. The van der Waals surface area contributed by atoms with Gasteiger partial charge in [0.25, 0.3) is 0 Å². The number of carbonyl (C=O) groups excluding carboxylic acids is 4. The highest BCUT2D eigenvalue weighted by Crippen LogP contribution is 2.27. The Morgan fingerprint density at radius 3 is 2.04 bits per heavy atom. The van der Waals surface area contributed by atoms with Gasteiger partial charge in [-0.2, -0.15) is 0 Å². The molecule has 8 heteroatoms. The Bertz CT molecular complexity index is 896. The van der Waals surface area contributed by atoms with Crippen LogP contribution in [0.15, 0.2) is 48.5 Å². The number of rotatable bonds is 6. The fourth-order valence-corrected chi connectivity index (χ4v) is 2.60. The molecule has 0 heterocycles. The van der Waals surface area contributed by atoms with Crippen LogP contribution in [0.4, 0.5) is 5.69 Å². The number of halogens is 1. The van der Waals surface area contributed by atoms with Crippen LogP contribution in [0.5, 0.6) is 0 Å². The minimum Gasteiger partial charge on any atom is -0.416 e. The third kappa shape index (κ3) is 5.17. The van der Waals surface area contributed by atoms with Gasteiger partial charge in [-0.05, 0) is 18.2 Å². The predicted octanol–water partition coefficient (Wildman–Crippen LogP) is 2.99. The van der Waals surface area contributed by atoms with Crippen molar-refractivity contribution >= 4 is 40.9 Å². The monoisotopic (exact) mass is 403 g/mol. The molecule has 146 valence electrons. The third-order valence-corrected chi connectivity index (χ3v) is 3.91. The number of benzene rings is 2. The number of ether oxygens (including phenoxy) is 2. The van der Waals surface area contributed by atoms with E-state index in [9.17, 15) is 19.2 Å². The number of amides is 1. The van der Waals surface area contributed by atoms with Gasteiger partial charge in [-0.3, -0.25) is 19.2 Å². The van der Waals surface area contributed by atoms with E-state index in [-0.39, 0.29) is 17.0 Å². The molecular formula is C20H18ClNO6. The van der Waals surface area contributed by atoms with E-state index in [0.717, 1.165) is 18.7 Å². The number of hydrogen-bond acceptors (Lipinski definition) is 6. The molecule has 7 nitrogen and oxygen atoms in total. The molecule has 0 atom stereocenters. The van der Waals surface area contributed by atoms with E-state index >= 15 is 0 Å². The molecule has 0 unspecified atom stereocenters. The normalized spacial score (nSPS) is 10.3. The van der Waals surface area contributed by atoms with Crippen molar-refractivity contribution in [2.24, 2.45) is 0 Å². The standard InChI is InChI=1S/C20H18ClNO6/c1-12(23)27-20(28-13(2)24)19(26)22(3)17-10-9-15(21)11-16(17)18(25)14-7-5-4-6-8-14/h4-11,20H,1-3H3. The lowest BCUT2D eigenvalue weighted by Crippen LogP contribution is -2.42. The highest BCUT2D eigenvalue weighted by molar-refractivity contribution is 6.31. The van der Waals surface area contributed by atoms with Crippen LogP contribution in [0.3, 0.4) is 0 Å². The van der Waals surface area contributed by atoms with E-state index in [0.29, 0.717) is 10.6 Å². The Kier molecular flexibility index (Phi) is 6.89. The highest BCUT2D eigenvalue weighted by Gasteiger charge is 2.30. The van der Waals surface area contributed by atoms with Crippen molar-refractivity contribution in [1.82, 2.24) is 0 Å². The van der Waals surface area contributed by atoms with Crippen LogP contribution in [0.25, 0.3) is 0 Å². The third-order valence-electron chi connectivity index (χ3n) is 3.68. The molecule has 0 fully saturated rings. The molecule has 0 saturated heterocycles. The first kappa shape index (κ1) is 21.1. The number of esters is 2. The number of anilines is 1. The zero-order valence-electron chi connectivity index (χ0n) is 15.5. The highest BCUT2D eigenvalue weighted by atomic mass is 35.5. The number of ketones is 1. The Hall–Kier alpha value is -3.19. The summed E-state index contributed by atoms with van der Waals surface area (Å²) in [5.74, 6) is -2.79. The van der Waals surface area contributed by atoms with Gasteiger partial charge >= 0.3 is 24.1 Å². The molecule has 2 aromatic rings. The molecule has 0 aliphatic heterocycles. The second-order valence-electron chi connectivity index (χ2n) is 5.80. The Morgan fingerprint density at radius 2 is 1.50 bits per heavy atom. The fraction of sp³-hybridized carbons (Fsp3) is 0.200. The van der Waals surface area contributed by atoms with Gasteiger partial charge in [-0.15, -0.1) is 0 Å². The molecule has 0 aliphatic carbocycles. The van der Waals surface area contributed by atoms with E-state index < -0.39 is 24.1 Å². The zero-order chi connectivity index (χ0) is 20.8. The molecule has 1 amide bonds. The summed E-state index contributed by atoms with van der Waals surface area (Å²) in [6.07, 6.45) is -1.77. The fourth-order valence-electron chi connectivity index (χ4n) is 2.43. The first-order valence-electron chi connectivity index (χ1n) is 8.22. The van der Waals surface area contributed by atoms with E-state index in [1.165, 1.54) is 25.2 Å². The summed E-state index contributed by atoms with van der Waals surface area (Å²) in [5.41, 5.74) is 0.787. The summed E-state index contributed by atoms with van der Waals surface area (Å²) < 4.78 is 9.58. The minimum absolute atomic E-state index is 0.166. The second-order valence-corrected chi connectivity index (χ2v) is 6.24. The Balaban J connectivity index is 2.43. The van der Waals surface area contributed by atoms with Gasteiger partial charge in [0.1, 0.15) is 0 Å². The number of likely N-dealkylation sites (N-methyl/N-ethyl adjacent to an activating group) is 1. The van der Waals surface area contributed by atoms with Gasteiger partial charge < -0.3 is 14.4 Å². The van der Waals surface area contributed by atoms with Crippen molar-refractivity contribution in [3.63, 3.8) is 0 Å². The van der Waals surface area contributed by atoms with Gasteiger partial charge in [-0.25, -0.2) is 0 Å². The van der Waals surface area contributed by atoms with Gasteiger partial charge in [0, 0.05) is 37.0 Å². The number of hydrogen-bond donors (Lipinski definition) is 0. The summed E-state index contributed by atoms with van der Waals surface area (Å²) in [6.45, 7) is 2.16. The van der Waals surface area contributed by atoms with Crippen molar-refractivity contribution in [1.29, 1.82) is 0 Å². The van der Waals surface area contributed by atoms with Gasteiger partial charge in [0.2, 0.25) is 0 Å². The molecule has 28 heavy (non-hydrogen) atoms. The summed E-state index contributed by atoms with van der Waals surface area (Å²) in [6, 6.07) is 12.9. The smallest absolute Gasteiger partial charge is 0.326 e. The predicted molar refractivity (Wildman–Crippen MR) is 102 cm³/mol. The van der Waals surface area contributed by atoms with Crippen LogP contribution in [-0.2, 0) is 23.9 Å². The van der Waals surface area contributed by atoms with Crippen LogP contribution in [-0.4, -0.2) is 37.0 Å². The molecule has 0 bridgehead atoms. The molecule has 0 spiro atoms. The van der Waals surface area contributed by atoms with E-state index in [1.807, 2.05) is 0 Å². The lowest BCUT2D eigenvalue weighted by Gasteiger charge is -2.24. The van der Waals surface area contributed by atoms with Gasteiger partial charge in [-0.1, -0.05) is 41.9 Å². The summed E-state index contributed by atoms with van der Waals surface area (Å²) in [7, 11) is 1.37. The SMILES string of the molecule is CC(=O)OC(OC(C)=O)C(=O)N(C)c1ccc(Cl)cc1C(=O)c1ccccc1. The van der Waals surface area contributed by atoms with Crippen LogP contribution in [0.1, 0.15) is 29.8 Å². The van der Waals surface area contributed by atoms with Crippen molar-refractivity contribution in [2.45, 2.75) is 20.1 Å². The molecule has 2 aromatic carbocycles. The summed E-state index contributed by atoms with van der Waals surface area (Å²) in [5, 5.41) is 0.306. The van der Waals surface area contributed by atoms with Gasteiger partial charge in [0.05, 0.1) is 5.69 Å². The molecule has 0 radical (unpaired) electrons. The van der Waals surface area contributed by atoms with Gasteiger partial charge in [0.15, 0.2) is 5.78 Å². The molecule has 2 rings (SSSR count). The first-order valence-corrected chi connectivity index (χ1v) is 8.59. The van der Waals surface area contributed by atoms with E-state index in [1.54, 1.807) is 30.3 Å². The van der Waals surface area contributed by atoms with Crippen LogP contribution < -0.4 is 4.90 Å². The number of carbonyl (C=O) groups is 4. The lowest BCUT2D eigenvalue weighted by molar-refractivity contribution is -0.188. The average Bonchev–Trinajstić information content (AvgIpc) is 2.65. The summed E-state index contributed by atoms with van der Waals surface area (Å²) >= 11 is 6.04. The van der Waals surface area contributed by atoms with Crippen molar-refractivity contribution in [3.8, 4) is 0 Å². The van der Waals surface area contributed by atoms with Crippen LogP contribution in [0, 0.1) is 0 Å². The zero-order valence-corrected chi connectivity index (χ0v) is 16.2. The minimum atomic E-state index is -1.77. The summed E-state index contributed by atoms with van der Waals surface area (Å²) in [4.78, 5) is 49.2. The van der Waals surface area contributed by atoms with Crippen molar-refractivity contribution in [2.75, 3.05) is 11.9 Å². The van der Waals surface area contributed by atoms with E-state index in [2.05, 4.69) is 0 Å². The van der Waals surface area contributed by atoms with Crippen LogP contribution in [0.2, 0.25) is 5.02 Å². The van der Waals surface area contributed by atoms with Crippen molar-refractivity contribution in [3.05, 3.63) is 64.7 Å². The molecule has 0 aromatic heterocycles. The lowest BCUT2D eigenvalue weighted by atomic mass is 10.0. The maximum absolute atomic E-state index is 12.9. The molecular weight excluding hydrogens is 386 g/mol. The van der Waals surface area contributed by atoms with Crippen LogP contribution >= 0.6 is 11.6 Å². The maximum atomic E-state index is 12.9. The molecule has 0 N–H and O–H groups in total. The largest absolute Gasteiger partial charge is 0.416 e.